The lowest BCUT2D eigenvalue weighted by molar-refractivity contribution is -0.384. The first-order valence-corrected chi connectivity index (χ1v) is 6.28. The number of amides is 1. The number of nitro benzene ring substituents is 1. The molecule has 108 valence electrons. The Balaban J connectivity index is 2.28. The topological polar surface area (TPSA) is 81.5 Å². The Kier molecular flexibility index (Phi) is 4.39. The second-order valence-electron chi connectivity index (χ2n) is 4.11. The number of nitrogens with one attached hydrogen (secondary N) is 1. The summed E-state index contributed by atoms with van der Waals surface area (Å²) >= 11 is 5.86. The molecule has 7 heteroatoms. The molecule has 0 spiro atoms. The summed E-state index contributed by atoms with van der Waals surface area (Å²) in [6.07, 6.45) is 0. The average molecular weight is 307 g/mol. The highest BCUT2D eigenvalue weighted by molar-refractivity contribution is 6.31. The molecule has 0 aromatic heterocycles. The van der Waals surface area contributed by atoms with Gasteiger partial charge in [0.05, 0.1) is 17.6 Å². The van der Waals surface area contributed by atoms with Gasteiger partial charge in [-0.25, -0.2) is 0 Å². The Morgan fingerprint density at radius 1 is 1.29 bits per heavy atom. The third-order valence-corrected chi connectivity index (χ3v) is 2.96. The quantitative estimate of drug-likeness (QED) is 0.692. The van der Waals surface area contributed by atoms with Gasteiger partial charge in [-0.15, -0.1) is 0 Å². The van der Waals surface area contributed by atoms with Crippen LogP contribution in [0.15, 0.2) is 42.5 Å². The minimum Gasteiger partial charge on any atom is -0.496 e. The molecule has 0 saturated heterocycles. The Morgan fingerprint density at radius 3 is 2.71 bits per heavy atom. The molecule has 0 aliphatic heterocycles. The Bertz CT molecular complexity index is 703. The van der Waals surface area contributed by atoms with Crippen LogP contribution < -0.4 is 10.1 Å². The summed E-state index contributed by atoms with van der Waals surface area (Å²) in [4.78, 5) is 22.4. The Hall–Kier alpha value is -2.60. The Morgan fingerprint density at radius 2 is 2.05 bits per heavy atom. The fourth-order valence-electron chi connectivity index (χ4n) is 1.75. The lowest BCUT2D eigenvalue weighted by atomic mass is 10.1. The Labute approximate surface area is 125 Å². The molecule has 0 saturated carbocycles. The van der Waals surface area contributed by atoms with Crippen LogP contribution in [0.25, 0.3) is 0 Å². The van der Waals surface area contributed by atoms with Gasteiger partial charge in [0.25, 0.3) is 11.6 Å². The normalized spacial score (nSPS) is 10.0. The molecule has 6 nitrogen and oxygen atoms in total. The predicted molar refractivity (Wildman–Crippen MR) is 79.1 cm³/mol. The number of nitrogens with zero attached hydrogens (tertiary/aromatic N) is 1. The third kappa shape index (κ3) is 3.49. The van der Waals surface area contributed by atoms with Crippen LogP contribution in [-0.2, 0) is 0 Å². The van der Waals surface area contributed by atoms with Crippen molar-refractivity contribution in [1.82, 2.24) is 0 Å². The first-order chi connectivity index (χ1) is 10.0. The molecule has 0 fully saturated rings. The molecule has 1 N–H and O–H groups in total. The monoisotopic (exact) mass is 306 g/mol. The summed E-state index contributed by atoms with van der Waals surface area (Å²) in [6.45, 7) is 0. The van der Waals surface area contributed by atoms with Crippen LogP contribution in [0.1, 0.15) is 10.4 Å². The van der Waals surface area contributed by atoms with E-state index < -0.39 is 10.8 Å². The molecule has 0 radical (unpaired) electrons. The molecule has 2 rings (SSSR count). The minimum atomic E-state index is -0.532. The van der Waals surface area contributed by atoms with Gasteiger partial charge in [-0.2, -0.15) is 0 Å². The van der Waals surface area contributed by atoms with Gasteiger partial charge in [0.1, 0.15) is 5.75 Å². The second kappa shape index (κ2) is 6.23. The van der Waals surface area contributed by atoms with Gasteiger partial charge in [0.2, 0.25) is 0 Å². The zero-order valence-corrected chi connectivity index (χ0v) is 11.8. The summed E-state index contributed by atoms with van der Waals surface area (Å²) < 4.78 is 5.09. The van der Waals surface area contributed by atoms with Crippen molar-refractivity contribution in [2.45, 2.75) is 0 Å². The van der Waals surface area contributed by atoms with E-state index in [-0.39, 0.29) is 11.3 Å². The van der Waals surface area contributed by atoms with E-state index in [2.05, 4.69) is 5.32 Å². The minimum absolute atomic E-state index is 0.106. The summed E-state index contributed by atoms with van der Waals surface area (Å²) in [6, 6.07) is 10.3. The van der Waals surface area contributed by atoms with Gasteiger partial charge >= 0.3 is 0 Å². The first kappa shape index (κ1) is 14.8. The van der Waals surface area contributed by atoms with Crippen LogP contribution in [0.5, 0.6) is 5.75 Å². The van der Waals surface area contributed by atoms with E-state index in [1.54, 1.807) is 18.2 Å². The predicted octanol–water partition coefficient (Wildman–Crippen LogP) is 3.51. The number of rotatable bonds is 4. The number of hydrogen-bond acceptors (Lipinski definition) is 4. The highest BCUT2D eigenvalue weighted by Gasteiger charge is 2.14. The second-order valence-corrected chi connectivity index (χ2v) is 4.54. The molecule has 1 amide bonds. The molecule has 2 aromatic rings. The molecule has 0 aliphatic carbocycles. The molecule has 0 heterocycles. The smallest absolute Gasteiger partial charge is 0.271 e. The highest BCUT2D eigenvalue weighted by atomic mass is 35.5. The highest BCUT2D eigenvalue weighted by Crippen LogP contribution is 2.24. The van der Waals surface area contributed by atoms with E-state index >= 15 is 0 Å². The van der Waals surface area contributed by atoms with Crippen LogP contribution in [-0.4, -0.2) is 17.9 Å². The summed E-state index contributed by atoms with van der Waals surface area (Å²) in [7, 11) is 1.44. The van der Waals surface area contributed by atoms with Crippen LogP contribution in [0.3, 0.4) is 0 Å². The SMILES string of the molecule is COc1ccc(Cl)cc1C(=O)Nc1cccc([N+](=O)[O-])c1. The molecule has 2 aromatic carbocycles. The van der Waals surface area contributed by atoms with Crippen molar-refractivity contribution in [3.8, 4) is 5.75 Å². The average Bonchev–Trinajstić information content (AvgIpc) is 2.47. The lowest BCUT2D eigenvalue weighted by Gasteiger charge is -2.09. The van der Waals surface area contributed by atoms with E-state index in [0.717, 1.165) is 0 Å². The van der Waals surface area contributed by atoms with E-state index in [0.29, 0.717) is 16.5 Å². The number of halogens is 1. The van der Waals surface area contributed by atoms with Crippen LogP contribution in [0, 0.1) is 10.1 Å². The summed E-state index contributed by atoms with van der Waals surface area (Å²) in [5, 5.41) is 13.7. The maximum Gasteiger partial charge on any atom is 0.271 e. The van der Waals surface area contributed by atoms with E-state index in [4.69, 9.17) is 16.3 Å². The van der Waals surface area contributed by atoms with Gasteiger partial charge in [-0.05, 0) is 24.3 Å². The third-order valence-electron chi connectivity index (χ3n) is 2.72. The van der Waals surface area contributed by atoms with Crippen molar-refractivity contribution < 1.29 is 14.5 Å². The van der Waals surface area contributed by atoms with Crippen molar-refractivity contribution in [1.29, 1.82) is 0 Å². The lowest BCUT2D eigenvalue weighted by Crippen LogP contribution is -2.13. The number of nitro groups is 1. The van der Waals surface area contributed by atoms with E-state index in [9.17, 15) is 14.9 Å². The maximum absolute atomic E-state index is 12.2. The van der Waals surface area contributed by atoms with Crippen molar-refractivity contribution in [3.63, 3.8) is 0 Å². The van der Waals surface area contributed by atoms with Gasteiger partial charge in [0, 0.05) is 22.8 Å². The van der Waals surface area contributed by atoms with Crippen molar-refractivity contribution in [2.75, 3.05) is 12.4 Å². The number of non-ortho nitro benzene ring substituents is 1. The van der Waals surface area contributed by atoms with Gasteiger partial charge in [-0.3, -0.25) is 14.9 Å². The largest absolute Gasteiger partial charge is 0.496 e. The van der Waals surface area contributed by atoms with Crippen LogP contribution in [0.4, 0.5) is 11.4 Å². The molecule has 21 heavy (non-hydrogen) atoms. The number of hydrogen-bond donors (Lipinski definition) is 1. The zero-order valence-electron chi connectivity index (χ0n) is 11.0. The molecule has 0 unspecified atom stereocenters. The van der Waals surface area contributed by atoms with Crippen molar-refractivity contribution in [2.24, 2.45) is 0 Å². The number of carbonyl (C=O) groups is 1. The van der Waals surface area contributed by atoms with Crippen molar-refractivity contribution >= 4 is 28.9 Å². The van der Waals surface area contributed by atoms with Crippen LogP contribution in [0.2, 0.25) is 5.02 Å². The molecule has 0 aliphatic rings. The van der Waals surface area contributed by atoms with Crippen LogP contribution >= 0.6 is 11.6 Å². The molecular weight excluding hydrogens is 296 g/mol. The van der Waals surface area contributed by atoms with Gasteiger partial charge in [0.15, 0.2) is 0 Å². The number of anilines is 1. The molecule has 0 bridgehead atoms. The van der Waals surface area contributed by atoms with Gasteiger partial charge in [-0.1, -0.05) is 17.7 Å². The fourth-order valence-corrected chi connectivity index (χ4v) is 1.93. The fraction of sp³-hybridized carbons (Fsp3) is 0.0714. The zero-order chi connectivity index (χ0) is 15.4. The number of benzene rings is 2. The van der Waals surface area contributed by atoms with E-state index in [1.165, 1.54) is 31.4 Å². The number of ether oxygens (including phenoxy) is 1. The summed E-state index contributed by atoms with van der Waals surface area (Å²) in [5.41, 5.74) is 0.457. The number of methoxy groups -OCH3 is 1. The molecule has 0 atom stereocenters. The molecular formula is C14H11ClN2O4. The first-order valence-electron chi connectivity index (χ1n) is 5.90. The number of carbonyl (C=O) groups excluding carboxylic acids is 1. The van der Waals surface area contributed by atoms with Crippen molar-refractivity contribution in [3.05, 3.63) is 63.2 Å². The standard InChI is InChI=1S/C14H11ClN2O4/c1-21-13-6-5-9(15)7-12(13)14(18)16-10-3-2-4-11(8-10)17(19)20/h2-8H,1H3,(H,16,18). The maximum atomic E-state index is 12.2. The van der Waals surface area contributed by atoms with E-state index in [1.807, 2.05) is 0 Å². The van der Waals surface area contributed by atoms with Gasteiger partial charge < -0.3 is 10.1 Å². The summed E-state index contributed by atoms with van der Waals surface area (Å²) in [5.74, 6) is -0.0998.